The van der Waals surface area contributed by atoms with Crippen LogP contribution in [0.25, 0.3) is 0 Å². The Balaban J connectivity index is 1.70. The van der Waals surface area contributed by atoms with Gasteiger partial charge in [0.1, 0.15) is 11.6 Å². The Morgan fingerprint density at radius 2 is 1.91 bits per heavy atom. The molecule has 4 unspecified atom stereocenters. The summed E-state index contributed by atoms with van der Waals surface area (Å²) in [5.74, 6) is -1.07. The third-order valence-corrected chi connectivity index (χ3v) is 8.57. The summed E-state index contributed by atoms with van der Waals surface area (Å²) in [5, 5.41) is 2.33. The van der Waals surface area contributed by atoms with Crippen LogP contribution >= 0.6 is 0 Å². The van der Waals surface area contributed by atoms with E-state index in [1.54, 1.807) is 4.90 Å². The van der Waals surface area contributed by atoms with Crippen molar-refractivity contribution in [1.82, 2.24) is 14.9 Å². The van der Waals surface area contributed by atoms with Gasteiger partial charge in [0, 0.05) is 18.9 Å². The van der Waals surface area contributed by atoms with Gasteiger partial charge >= 0.3 is 0 Å². The van der Waals surface area contributed by atoms with E-state index in [0.717, 1.165) is 25.7 Å². The van der Waals surface area contributed by atoms with Gasteiger partial charge < -0.3 is 10.2 Å². The molecule has 2 aliphatic carbocycles. The Labute approximate surface area is 191 Å². The molecule has 8 nitrogen and oxygen atoms in total. The molecule has 1 aliphatic heterocycles. The molecule has 0 radical (unpaired) electrons. The Hall–Kier alpha value is -1.90. The van der Waals surface area contributed by atoms with Crippen molar-refractivity contribution in [2.75, 3.05) is 6.54 Å². The molecule has 3 rings (SSSR count). The van der Waals surface area contributed by atoms with Gasteiger partial charge in [0.25, 0.3) is 5.91 Å². The van der Waals surface area contributed by atoms with Crippen LogP contribution in [-0.2, 0) is 24.4 Å². The van der Waals surface area contributed by atoms with Crippen molar-refractivity contribution in [3.8, 4) is 0 Å². The summed E-state index contributed by atoms with van der Waals surface area (Å²) in [6.07, 6.45) is 9.69. The average molecular weight is 468 g/mol. The van der Waals surface area contributed by atoms with E-state index in [1.165, 1.54) is 0 Å². The number of rotatable bonds is 11. The molecule has 3 amide bonds. The topological polar surface area (TPSA) is 113 Å². The molecule has 0 aromatic heterocycles. The number of nitrogens with zero attached hydrogens (tertiary/aromatic N) is 1. The van der Waals surface area contributed by atoms with E-state index in [4.69, 9.17) is 0 Å². The molecule has 2 N–H and O–H groups in total. The summed E-state index contributed by atoms with van der Waals surface area (Å²) in [4.78, 5) is 40.7. The summed E-state index contributed by atoms with van der Waals surface area (Å²) in [5.41, 5.74) is -1.27. The lowest BCUT2D eigenvalue weighted by Gasteiger charge is -2.27. The lowest BCUT2D eigenvalue weighted by molar-refractivity contribution is -0.140. The normalized spacial score (nSPS) is 28.5. The first-order chi connectivity index (χ1) is 15.1. The fourth-order valence-corrected chi connectivity index (χ4v) is 5.98. The van der Waals surface area contributed by atoms with Gasteiger partial charge in [0.2, 0.25) is 21.8 Å². The second kappa shape index (κ2) is 9.93. The van der Waals surface area contributed by atoms with Crippen LogP contribution in [0.15, 0.2) is 12.2 Å². The predicted octanol–water partition coefficient (Wildman–Crippen LogP) is 2.25. The van der Waals surface area contributed by atoms with Crippen LogP contribution in [0.3, 0.4) is 0 Å². The number of hydrogen-bond acceptors (Lipinski definition) is 5. The second-order valence-corrected chi connectivity index (χ2v) is 11.6. The number of hydrogen-bond donors (Lipinski definition) is 2. The van der Waals surface area contributed by atoms with Gasteiger partial charge in [-0.1, -0.05) is 45.8 Å². The molecule has 0 aromatic rings. The summed E-state index contributed by atoms with van der Waals surface area (Å²) < 4.78 is 26.8. The predicted molar refractivity (Wildman–Crippen MR) is 122 cm³/mol. The van der Waals surface area contributed by atoms with Crippen LogP contribution in [0.2, 0.25) is 0 Å². The number of likely N-dealkylation sites (tertiary alicyclic amines) is 1. The lowest BCUT2D eigenvalue weighted by atomic mass is 10.0. The van der Waals surface area contributed by atoms with E-state index in [-0.39, 0.29) is 23.7 Å². The molecule has 9 heteroatoms. The largest absolute Gasteiger partial charge is 0.339 e. The smallest absolute Gasteiger partial charge is 0.259 e. The average Bonchev–Trinajstić information content (AvgIpc) is 3.63. The highest BCUT2D eigenvalue weighted by Gasteiger charge is 2.61. The van der Waals surface area contributed by atoms with Gasteiger partial charge in [-0.15, -0.1) is 0 Å². The summed E-state index contributed by atoms with van der Waals surface area (Å²) in [6, 6.07) is -0.613. The first kappa shape index (κ1) is 24.7. The maximum atomic E-state index is 13.2. The molecule has 0 spiro atoms. The first-order valence-corrected chi connectivity index (χ1v) is 13.5. The summed E-state index contributed by atoms with van der Waals surface area (Å²) in [6.45, 7) is 6.63. The Morgan fingerprint density at radius 1 is 1.19 bits per heavy atom. The summed E-state index contributed by atoms with van der Waals surface area (Å²) >= 11 is 0. The number of carbonyl (C=O) groups excluding carboxylic acids is 3. The second-order valence-electron chi connectivity index (χ2n) is 9.63. The lowest BCUT2D eigenvalue weighted by Crippen LogP contribution is -2.56. The maximum absolute atomic E-state index is 13.2. The molecule has 2 saturated carbocycles. The Morgan fingerprint density at radius 3 is 2.53 bits per heavy atom. The minimum absolute atomic E-state index is 0.0309. The maximum Gasteiger partial charge on any atom is 0.259 e. The van der Waals surface area contributed by atoms with Crippen LogP contribution in [0.4, 0.5) is 0 Å². The fraction of sp³-hybridized carbons (Fsp3) is 0.783. The van der Waals surface area contributed by atoms with Crippen molar-refractivity contribution in [2.45, 2.75) is 95.4 Å². The van der Waals surface area contributed by atoms with Crippen molar-refractivity contribution < 1.29 is 22.8 Å². The van der Waals surface area contributed by atoms with Crippen LogP contribution in [-0.4, -0.2) is 54.4 Å². The van der Waals surface area contributed by atoms with E-state index in [0.29, 0.717) is 38.6 Å². The van der Waals surface area contributed by atoms with E-state index in [1.807, 2.05) is 26.0 Å². The molecule has 1 heterocycles. The molecule has 0 aromatic carbocycles. The molecule has 32 heavy (non-hydrogen) atoms. The van der Waals surface area contributed by atoms with Gasteiger partial charge in [-0.05, 0) is 44.4 Å². The molecular weight excluding hydrogens is 430 g/mol. The van der Waals surface area contributed by atoms with Gasteiger partial charge in [-0.3, -0.25) is 19.1 Å². The molecule has 4 atom stereocenters. The zero-order valence-electron chi connectivity index (χ0n) is 19.4. The third-order valence-electron chi connectivity index (χ3n) is 6.75. The van der Waals surface area contributed by atoms with Crippen molar-refractivity contribution >= 4 is 27.7 Å². The standard InChI is InChI=1S/C23H37N3O5S/c1-4-6-9-17-15-23(17,22(29)25-32(30,31)18-11-12-18)24-21(28)19-10-7-13-26(19)20(27)14-16(3)8-5-2/h6,9,16-19H,4-5,7-8,10-15H2,1-3H3,(H,24,28)(H,25,29)/b9-6-. The number of allylic oxidation sites excluding steroid dienone is 1. The van der Waals surface area contributed by atoms with E-state index in [9.17, 15) is 22.8 Å². The zero-order valence-corrected chi connectivity index (χ0v) is 20.2. The first-order valence-electron chi connectivity index (χ1n) is 12.0. The fourth-order valence-electron chi connectivity index (χ4n) is 4.62. The van der Waals surface area contributed by atoms with Crippen molar-refractivity contribution in [2.24, 2.45) is 11.8 Å². The number of nitrogens with one attached hydrogen (secondary N) is 2. The highest BCUT2D eigenvalue weighted by atomic mass is 32.2. The highest BCUT2D eigenvalue weighted by Crippen LogP contribution is 2.46. The number of amides is 3. The van der Waals surface area contributed by atoms with Crippen LogP contribution < -0.4 is 10.0 Å². The van der Waals surface area contributed by atoms with Crippen LogP contribution in [0, 0.1) is 11.8 Å². The van der Waals surface area contributed by atoms with Gasteiger partial charge in [-0.25, -0.2) is 8.42 Å². The minimum Gasteiger partial charge on any atom is -0.339 e. The number of carbonyl (C=O) groups is 3. The third kappa shape index (κ3) is 5.53. The van der Waals surface area contributed by atoms with E-state index < -0.39 is 32.8 Å². The Kier molecular flexibility index (Phi) is 7.68. The van der Waals surface area contributed by atoms with Gasteiger partial charge in [0.15, 0.2) is 0 Å². The zero-order chi connectivity index (χ0) is 23.5. The monoisotopic (exact) mass is 467 g/mol. The number of sulfonamides is 1. The van der Waals surface area contributed by atoms with Crippen LogP contribution in [0.1, 0.15) is 78.6 Å². The van der Waals surface area contributed by atoms with E-state index in [2.05, 4.69) is 17.0 Å². The van der Waals surface area contributed by atoms with Gasteiger partial charge in [-0.2, -0.15) is 0 Å². The highest BCUT2D eigenvalue weighted by molar-refractivity contribution is 7.91. The molecule has 3 fully saturated rings. The Bertz CT molecular complexity index is 867. The van der Waals surface area contributed by atoms with E-state index >= 15 is 0 Å². The molecule has 0 bridgehead atoms. The molecule has 3 aliphatic rings. The summed E-state index contributed by atoms with van der Waals surface area (Å²) in [7, 11) is -3.71. The SMILES string of the molecule is CC/C=C\C1CC1(NC(=O)C1CCCN1C(=O)CC(C)CCC)C(=O)NS(=O)(=O)C1CC1. The molecule has 180 valence electrons. The molecular formula is C23H37N3O5S. The van der Waals surface area contributed by atoms with Crippen molar-refractivity contribution in [3.05, 3.63) is 12.2 Å². The minimum atomic E-state index is -3.71. The van der Waals surface area contributed by atoms with Crippen LogP contribution in [0.5, 0.6) is 0 Å². The quantitative estimate of drug-likeness (QED) is 0.453. The van der Waals surface area contributed by atoms with Crippen molar-refractivity contribution in [3.63, 3.8) is 0 Å². The van der Waals surface area contributed by atoms with Crippen molar-refractivity contribution in [1.29, 1.82) is 0 Å². The van der Waals surface area contributed by atoms with Gasteiger partial charge in [0.05, 0.1) is 5.25 Å². The molecule has 1 saturated heterocycles.